The fraction of sp³-hybridized carbons (Fsp3) is 0.500. The Labute approximate surface area is 150 Å². The number of carboxylic acids is 2. The fourth-order valence-corrected chi connectivity index (χ4v) is 2.42. The van der Waals surface area contributed by atoms with E-state index in [9.17, 15) is 48.4 Å². The number of carbonyl (C=O) groups excluding carboxylic acids is 2. The number of carbonyl (C=O) groups is 3. The summed E-state index contributed by atoms with van der Waals surface area (Å²) in [5, 5.41) is 28.2. The van der Waals surface area contributed by atoms with Gasteiger partial charge in [-0.25, -0.2) is 0 Å². The van der Waals surface area contributed by atoms with Crippen molar-refractivity contribution in [3.63, 3.8) is 0 Å². The van der Waals surface area contributed by atoms with Gasteiger partial charge in [0.05, 0.1) is 26.6 Å². The Balaban J connectivity index is -0.00000200. The molecule has 0 aromatic heterocycles. The molecule has 0 aliphatic heterocycles. The summed E-state index contributed by atoms with van der Waals surface area (Å²) in [6.07, 6.45) is -3.27. The van der Waals surface area contributed by atoms with E-state index in [1.165, 1.54) is 0 Å². The van der Waals surface area contributed by atoms with Gasteiger partial charge in [0.1, 0.15) is 5.60 Å². The van der Waals surface area contributed by atoms with Crippen LogP contribution in [0.15, 0.2) is 0 Å². The van der Waals surface area contributed by atoms with Crippen molar-refractivity contribution in [3.8, 4) is 0 Å². The third-order valence-electron chi connectivity index (χ3n) is 1.67. The number of carboxylic acid groups (broad SMARTS) is 2. The second-order valence-corrected chi connectivity index (χ2v) is 6.13. The van der Waals surface area contributed by atoms with Gasteiger partial charge >= 0.3 is 55.7 Å². The quantitative estimate of drug-likeness (QED) is 0.249. The molecule has 0 saturated heterocycles. The van der Waals surface area contributed by atoms with E-state index in [0.29, 0.717) is 0 Å². The van der Waals surface area contributed by atoms with Crippen LogP contribution >= 0.6 is 15.6 Å². The molecule has 130 valence electrons. The van der Waals surface area contributed by atoms with Gasteiger partial charge in [-0.1, -0.05) is 0 Å². The molecule has 0 aromatic rings. The van der Waals surface area contributed by atoms with Gasteiger partial charge < -0.3 is 43.9 Å². The summed E-state index contributed by atoms with van der Waals surface area (Å²) in [5.74, 6) is -6.39. The van der Waals surface area contributed by atoms with E-state index < -0.39 is 52.0 Å². The summed E-state index contributed by atoms with van der Waals surface area (Å²) >= 11 is 0. The Morgan fingerprint density at radius 1 is 1.09 bits per heavy atom. The Bertz CT molecular complexity index is 545. The zero-order valence-corrected chi connectivity index (χ0v) is 16.5. The number of hydrogen-bond acceptors (Lipinski definition) is 12. The fourth-order valence-electron chi connectivity index (χ4n) is 0.992. The molecule has 2 unspecified atom stereocenters. The van der Waals surface area contributed by atoms with Crippen molar-refractivity contribution in [1.29, 1.82) is 0 Å². The summed E-state index contributed by atoms with van der Waals surface area (Å²) in [5.41, 5.74) is -3.32. The van der Waals surface area contributed by atoms with E-state index in [4.69, 9.17) is 5.11 Å². The van der Waals surface area contributed by atoms with Gasteiger partial charge in [-0.3, -0.25) is 18.5 Å². The molecule has 0 bridgehead atoms. The zero-order valence-electron chi connectivity index (χ0n) is 10.7. The minimum absolute atomic E-state index is 0. The molecule has 0 heterocycles. The number of aliphatic carboxylic acids is 2. The summed E-state index contributed by atoms with van der Waals surface area (Å²) in [6.45, 7) is 0. The Kier molecular flexibility index (Phi) is 11.9. The molecule has 0 rings (SSSR count). The number of aliphatic hydroxyl groups is 1. The third kappa shape index (κ3) is 11.9. The Morgan fingerprint density at radius 3 is 1.83 bits per heavy atom. The zero-order chi connectivity index (χ0) is 17.1. The van der Waals surface area contributed by atoms with Crippen LogP contribution in [0.25, 0.3) is 0 Å². The maximum absolute atomic E-state index is 11.0. The van der Waals surface area contributed by atoms with E-state index in [-0.39, 0.29) is 36.0 Å². The number of phosphoric acid groups is 2. The molecule has 0 spiro atoms. The first-order chi connectivity index (χ1) is 9.17. The van der Waals surface area contributed by atoms with Crippen LogP contribution < -0.4 is 19.8 Å². The van der Waals surface area contributed by atoms with Gasteiger partial charge in [0, 0.05) is 0 Å². The van der Waals surface area contributed by atoms with E-state index in [2.05, 4.69) is 8.83 Å². The van der Waals surface area contributed by atoms with Crippen LogP contribution in [0.2, 0.25) is 0 Å². The van der Waals surface area contributed by atoms with Gasteiger partial charge in [-0.15, -0.1) is 0 Å². The van der Waals surface area contributed by atoms with E-state index >= 15 is 0 Å². The Morgan fingerprint density at radius 2 is 1.52 bits per heavy atom. The summed E-state index contributed by atoms with van der Waals surface area (Å²) in [6, 6.07) is 0. The van der Waals surface area contributed by atoms with Gasteiger partial charge in [-0.05, 0) is 0 Å². The molecular weight excluding hydrogens is 466 g/mol. The predicted molar refractivity (Wildman–Crippen MR) is 49.2 cm³/mol. The van der Waals surface area contributed by atoms with Crippen molar-refractivity contribution in [3.05, 3.63) is 0 Å². The maximum Gasteiger partial charge on any atom is 2.00 e. The van der Waals surface area contributed by atoms with Gasteiger partial charge in [-0.2, -0.15) is 0 Å². The van der Waals surface area contributed by atoms with E-state index in [1.807, 2.05) is 0 Å². The summed E-state index contributed by atoms with van der Waals surface area (Å²) in [7, 11) is -12.1. The Hall–Kier alpha value is -0.213. The summed E-state index contributed by atoms with van der Waals surface area (Å²) in [4.78, 5) is 62.7. The molecule has 2 N–H and O–H groups in total. The molecular formula is C6H6NiO13P2Zn. The van der Waals surface area contributed by atoms with Crippen LogP contribution in [0.1, 0.15) is 12.8 Å². The second-order valence-electron chi connectivity index (χ2n) is 3.51. The maximum atomic E-state index is 11.0. The van der Waals surface area contributed by atoms with Crippen LogP contribution in [-0.2, 0) is 68.3 Å². The number of hydrogen-bond donors (Lipinski definition) is 2. The van der Waals surface area contributed by atoms with Crippen molar-refractivity contribution in [1.82, 2.24) is 0 Å². The van der Waals surface area contributed by atoms with Gasteiger partial charge in [0.15, 0.2) is 0 Å². The molecule has 0 fully saturated rings. The normalized spacial score (nSPS) is 15.8. The molecule has 0 aromatic carbocycles. The van der Waals surface area contributed by atoms with Crippen LogP contribution in [0.5, 0.6) is 0 Å². The van der Waals surface area contributed by atoms with Crippen LogP contribution in [0, 0.1) is 0 Å². The molecule has 13 nitrogen and oxygen atoms in total. The largest absolute Gasteiger partial charge is 2.00 e. The average Bonchev–Trinajstić information content (AvgIpc) is 2.08. The monoisotopic (exact) mass is 470 g/mol. The first-order valence-electron chi connectivity index (χ1n) is 4.59. The van der Waals surface area contributed by atoms with Crippen LogP contribution in [-0.4, -0.2) is 33.7 Å². The van der Waals surface area contributed by atoms with Crippen LogP contribution in [0.4, 0.5) is 0 Å². The van der Waals surface area contributed by atoms with Crippen molar-refractivity contribution >= 4 is 33.6 Å². The molecule has 0 amide bonds. The minimum atomic E-state index is -6.07. The molecule has 0 aliphatic rings. The predicted octanol–water partition coefficient (Wildman–Crippen LogP) is -4.82. The second kappa shape index (κ2) is 9.93. The van der Waals surface area contributed by atoms with Crippen molar-refractivity contribution < 1.29 is 98.3 Å². The molecule has 0 radical (unpaired) electrons. The summed E-state index contributed by atoms with van der Waals surface area (Å²) < 4.78 is 27.0. The SMILES string of the molecule is O=C(O)CC(O)(CC(=O)OP(=O)([O-])OP(=O)([O-])[O-])C(=O)[O-].[Ni+2].[Zn+2]. The standard InChI is InChI=1S/C6H10O13P2.Ni.Zn/c7-3(8)1-6(12,5(10)11)2-4(9)18-21(16,17)19-20(13,14)15;;/h12H,1-2H2,(H,7,8)(H,10,11)(H,16,17)(H2,13,14,15);;/q;2*+2/p-4. The van der Waals surface area contributed by atoms with Crippen molar-refractivity contribution in [2.45, 2.75) is 18.4 Å². The van der Waals surface area contributed by atoms with Gasteiger partial charge in [0.25, 0.3) is 0 Å². The van der Waals surface area contributed by atoms with Crippen molar-refractivity contribution in [2.24, 2.45) is 0 Å². The topological polar surface area (TPSA) is 237 Å². The molecule has 17 heteroatoms. The number of phosphoric ester groups is 1. The van der Waals surface area contributed by atoms with Crippen LogP contribution in [0.3, 0.4) is 0 Å². The van der Waals surface area contributed by atoms with E-state index in [0.717, 1.165) is 0 Å². The molecule has 0 aliphatic carbocycles. The molecule has 0 saturated carbocycles. The third-order valence-corrected chi connectivity index (χ3v) is 3.70. The van der Waals surface area contributed by atoms with Crippen molar-refractivity contribution in [2.75, 3.05) is 0 Å². The molecule has 23 heavy (non-hydrogen) atoms. The number of rotatable bonds is 8. The smallest absolute Gasteiger partial charge is 0.789 e. The first-order valence-corrected chi connectivity index (χ1v) is 7.51. The minimum Gasteiger partial charge on any atom is -0.789 e. The average molecular weight is 472 g/mol. The van der Waals surface area contributed by atoms with E-state index in [1.54, 1.807) is 0 Å². The molecule has 2 atom stereocenters. The first kappa shape index (κ1) is 27.6. The van der Waals surface area contributed by atoms with Gasteiger partial charge in [0.2, 0.25) is 0 Å².